The summed E-state index contributed by atoms with van der Waals surface area (Å²) in [4.78, 5) is 5.10. The van der Waals surface area contributed by atoms with Crippen LogP contribution in [0, 0.1) is 0 Å². The van der Waals surface area contributed by atoms with Crippen LogP contribution >= 0.6 is 0 Å². The monoisotopic (exact) mass is 283 g/mol. The maximum atomic E-state index is 5.57. The summed E-state index contributed by atoms with van der Waals surface area (Å²) in [5, 5.41) is 2.71. The highest BCUT2D eigenvalue weighted by Crippen LogP contribution is 2.27. The third-order valence-electron chi connectivity index (χ3n) is 4.41. The fourth-order valence-electron chi connectivity index (χ4n) is 3.18. The molecule has 0 aliphatic carbocycles. The summed E-state index contributed by atoms with van der Waals surface area (Å²) in [7, 11) is 0. The minimum Gasteiger partial charge on any atom is -0.368 e. The summed E-state index contributed by atoms with van der Waals surface area (Å²) >= 11 is 0. The molecule has 2 aromatic rings. The van der Waals surface area contributed by atoms with E-state index in [1.165, 1.54) is 29.4 Å². The second-order valence-corrected chi connectivity index (χ2v) is 5.82. The third kappa shape index (κ3) is 3.36. The van der Waals surface area contributed by atoms with Gasteiger partial charge in [-0.3, -0.25) is 4.90 Å². The van der Waals surface area contributed by atoms with E-state index in [0.29, 0.717) is 0 Å². The summed E-state index contributed by atoms with van der Waals surface area (Å²) in [5.41, 5.74) is 6.95. The molecule has 0 amide bonds. The third-order valence-corrected chi connectivity index (χ3v) is 4.41. The Labute approximate surface area is 127 Å². The first-order chi connectivity index (χ1) is 10.4. The van der Waals surface area contributed by atoms with Gasteiger partial charge in [0.2, 0.25) is 0 Å². The van der Waals surface area contributed by atoms with Crippen LogP contribution in [0.1, 0.15) is 12.8 Å². The summed E-state index contributed by atoms with van der Waals surface area (Å²) in [6.07, 6.45) is 2.37. The molecule has 2 N–H and O–H groups in total. The van der Waals surface area contributed by atoms with Gasteiger partial charge in [-0.2, -0.15) is 0 Å². The number of nitrogens with two attached hydrogens (primary N) is 1. The quantitative estimate of drug-likeness (QED) is 0.856. The van der Waals surface area contributed by atoms with Gasteiger partial charge in [-0.25, -0.2) is 0 Å². The Hall–Kier alpha value is -1.58. The first-order valence-corrected chi connectivity index (χ1v) is 8.03. The van der Waals surface area contributed by atoms with Crippen LogP contribution in [0.15, 0.2) is 42.5 Å². The molecule has 3 nitrogen and oxygen atoms in total. The number of hydrogen-bond donors (Lipinski definition) is 1. The van der Waals surface area contributed by atoms with E-state index >= 15 is 0 Å². The van der Waals surface area contributed by atoms with Crippen molar-refractivity contribution in [2.75, 3.05) is 44.2 Å². The van der Waals surface area contributed by atoms with Gasteiger partial charge < -0.3 is 10.6 Å². The highest BCUT2D eigenvalue weighted by atomic mass is 15.3. The van der Waals surface area contributed by atoms with E-state index in [2.05, 4.69) is 52.3 Å². The first kappa shape index (κ1) is 14.4. The number of piperazine rings is 1. The van der Waals surface area contributed by atoms with Gasteiger partial charge in [-0.1, -0.05) is 36.4 Å². The van der Waals surface area contributed by atoms with Crippen molar-refractivity contribution in [3.63, 3.8) is 0 Å². The molecule has 0 spiro atoms. The number of benzene rings is 2. The number of unbranched alkanes of at least 4 members (excludes halogenated alkanes) is 1. The van der Waals surface area contributed by atoms with Gasteiger partial charge >= 0.3 is 0 Å². The Morgan fingerprint density at radius 3 is 2.43 bits per heavy atom. The summed E-state index contributed by atoms with van der Waals surface area (Å²) in [6, 6.07) is 15.3. The van der Waals surface area contributed by atoms with E-state index in [-0.39, 0.29) is 0 Å². The molecule has 1 fully saturated rings. The lowest BCUT2D eigenvalue weighted by atomic mass is 10.1. The van der Waals surface area contributed by atoms with Gasteiger partial charge in [-0.15, -0.1) is 0 Å². The lowest BCUT2D eigenvalue weighted by Gasteiger charge is -2.36. The van der Waals surface area contributed by atoms with Crippen molar-refractivity contribution in [3.8, 4) is 0 Å². The highest BCUT2D eigenvalue weighted by molar-refractivity contribution is 5.94. The number of nitrogens with zero attached hydrogens (tertiary/aromatic N) is 2. The molecule has 1 aliphatic heterocycles. The minimum absolute atomic E-state index is 0.815. The Bertz CT molecular complexity index is 568. The maximum Gasteiger partial charge on any atom is 0.0446 e. The zero-order valence-electron chi connectivity index (χ0n) is 12.7. The van der Waals surface area contributed by atoms with E-state index in [1.54, 1.807) is 0 Å². The van der Waals surface area contributed by atoms with Crippen molar-refractivity contribution in [1.82, 2.24) is 4.90 Å². The zero-order chi connectivity index (χ0) is 14.5. The summed E-state index contributed by atoms with van der Waals surface area (Å²) in [5.74, 6) is 0. The van der Waals surface area contributed by atoms with Crippen LogP contribution in [0.25, 0.3) is 10.8 Å². The van der Waals surface area contributed by atoms with Crippen molar-refractivity contribution in [1.29, 1.82) is 0 Å². The van der Waals surface area contributed by atoms with Crippen molar-refractivity contribution < 1.29 is 0 Å². The molecule has 0 radical (unpaired) electrons. The van der Waals surface area contributed by atoms with Crippen molar-refractivity contribution in [2.24, 2.45) is 5.73 Å². The van der Waals surface area contributed by atoms with Crippen molar-refractivity contribution >= 4 is 16.5 Å². The molecule has 0 atom stereocenters. The Morgan fingerprint density at radius 2 is 1.62 bits per heavy atom. The normalized spacial score (nSPS) is 16.5. The van der Waals surface area contributed by atoms with E-state index in [0.717, 1.165) is 39.1 Å². The largest absolute Gasteiger partial charge is 0.368 e. The minimum atomic E-state index is 0.815. The summed E-state index contributed by atoms with van der Waals surface area (Å²) < 4.78 is 0. The van der Waals surface area contributed by atoms with Gasteiger partial charge in [0.05, 0.1) is 0 Å². The second-order valence-electron chi connectivity index (χ2n) is 5.82. The SMILES string of the molecule is NCCCCN1CCN(c2cccc3ccccc23)CC1. The van der Waals surface area contributed by atoms with Crippen LogP contribution in [-0.4, -0.2) is 44.2 Å². The fraction of sp³-hybridized carbons (Fsp3) is 0.444. The zero-order valence-corrected chi connectivity index (χ0v) is 12.7. The maximum absolute atomic E-state index is 5.57. The molecule has 21 heavy (non-hydrogen) atoms. The number of fused-ring (bicyclic) bond motifs is 1. The molecule has 0 aromatic heterocycles. The average molecular weight is 283 g/mol. The Morgan fingerprint density at radius 1 is 0.857 bits per heavy atom. The molecular formula is C18H25N3. The molecule has 0 saturated carbocycles. The van der Waals surface area contributed by atoms with E-state index in [4.69, 9.17) is 5.73 Å². The molecular weight excluding hydrogens is 258 g/mol. The Kier molecular flexibility index (Phi) is 4.73. The van der Waals surface area contributed by atoms with Crippen LogP contribution in [0.5, 0.6) is 0 Å². The second kappa shape index (κ2) is 6.92. The molecule has 2 aromatic carbocycles. The smallest absolute Gasteiger partial charge is 0.0446 e. The van der Waals surface area contributed by atoms with Gasteiger partial charge in [-0.05, 0) is 37.4 Å². The molecule has 1 aliphatic rings. The van der Waals surface area contributed by atoms with Crippen molar-refractivity contribution in [2.45, 2.75) is 12.8 Å². The highest BCUT2D eigenvalue weighted by Gasteiger charge is 2.17. The lowest BCUT2D eigenvalue weighted by molar-refractivity contribution is 0.253. The van der Waals surface area contributed by atoms with Crippen LogP contribution in [0.4, 0.5) is 5.69 Å². The van der Waals surface area contributed by atoms with Crippen LogP contribution in [-0.2, 0) is 0 Å². The van der Waals surface area contributed by atoms with E-state index < -0.39 is 0 Å². The molecule has 3 rings (SSSR count). The number of rotatable bonds is 5. The van der Waals surface area contributed by atoms with Crippen LogP contribution in [0.2, 0.25) is 0 Å². The molecule has 3 heteroatoms. The fourth-order valence-corrected chi connectivity index (χ4v) is 3.18. The molecule has 112 valence electrons. The lowest BCUT2D eigenvalue weighted by Crippen LogP contribution is -2.46. The van der Waals surface area contributed by atoms with Crippen LogP contribution < -0.4 is 10.6 Å². The van der Waals surface area contributed by atoms with Gasteiger partial charge in [0, 0.05) is 37.3 Å². The van der Waals surface area contributed by atoms with Gasteiger partial charge in [0.15, 0.2) is 0 Å². The average Bonchev–Trinajstić information content (AvgIpc) is 2.55. The first-order valence-electron chi connectivity index (χ1n) is 8.03. The molecule has 0 bridgehead atoms. The van der Waals surface area contributed by atoms with E-state index in [1.807, 2.05) is 0 Å². The standard InChI is InChI=1S/C18H25N3/c19-10-3-4-11-20-12-14-21(15-13-20)18-9-5-7-16-6-1-2-8-17(16)18/h1-2,5-9H,3-4,10-15,19H2. The number of anilines is 1. The molecule has 0 unspecified atom stereocenters. The number of hydrogen-bond acceptors (Lipinski definition) is 3. The van der Waals surface area contributed by atoms with Gasteiger partial charge in [0.25, 0.3) is 0 Å². The predicted molar refractivity (Wildman–Crippen MR) is 90.9 cm³/mol. The van der Waals surface area contributed by atoms with E-state index in [9.17, 15) is 0 Å². The summed E-state index contributed by atoms with van der Waals surface area (Å²) in [6.45, 7) is 6.57. The Balaban J connectivity index is 1.66. The topological polar surface area (TPSA) is 32.5 Å². The van der Waals surface area contributed by atoms with Gasteiger partial charge in [0.1, 0.15) is 0 Å². The molecule has 1 saturated heterocycles. The predicted octanol–water partition coefficient (Wildman–Crippen LogP) is 2.70. The van der Waals surface area contributed by atoms with Crippen LogP contribution in [0.3, 0.4) is 0 Å². The molecule has 1 heterocycles. The van der Waals surface area contributed by atoms with Crippen molar-refractivity contribution in [3.05, 3.63) is 42.5 Å².